The maximum absolute atomic E-state index is 12.0. The van der Waals surface area contributed by atoms with Gasteiger partial charge in [-0.25, -0.2) is 4.79 Å². The predicted molar refractivity (Wildman–Crippen MR) is 96.5 cm³/mol. The number of amides is 3. The zero-order valence-corrected chi connectivity index (χ0v) is 14.8. The summed E-state index contributed by atoms with van der Waals surface area (Å²) in [4.78, 5) is 24.5. The van der Waals surface area contributed by atoms with Gasteiger partial charge in [-0.2, -0.15) is 0 Å². The molecule has 1 N–H and O–H groups in total. The van der Waals surface area contributed by atoms with Gasteiger partial charge in [-0.05, 0) is 29.8 Å². The van der Waals surface area contributed by atoms with Crippen molar-refractivity contribution in [1.82, 2.24) is 10.2 Å². The van der Waals surface area contributed by atoms with Gasteiger partial charge in [0.1, 0.15) is 18.1 Å². The molecule has 3 amide bonds. The summed E-state index contributed by atoms with van der Waals surface area (Å²) in [7, 11) is 1.42. The van der Waals surface area contributed by atoms with E-state index < -0.39 is 6.03 Å². The van der Waals surface area contributed by atoms with E-state index in [0.29, 0.717) is 21.4 Å². The minimum atomic E-state index is -0.453. The number of para-hydroxylation sites is 1. The SMILES string of the molecule is CN1C(=O)N/C(=C/c2ccccc2OCc2ccc(Cl)c(Cl)c2)C1=O. The van der Waals surface area contributed by atoms with Gasteiger partial charge in [0.2, 0.25) is 0 Å². The molecule has 1 aliphatic rings. The molecule has 2 aromatic rings. The average molecular weight is 377 g/mol. The Bertz CT molecular complexity index is 880. The average Bonchev–Trinajstić information content (AvgIpc) is 2.84. The molecule has 7 heteroatoms. The summed E-state index contributed by atoms with van der Waals surface area (Å²) in [6.45, 7) is 0.289. The molecule has 0 aliphatic carbocycles. The van der Waals surface area contributed by atoms with Crippen LogP contribution in [0.1, 0.15) is 11.1 Å². The lowest BCUT2D eigenvalue weighted by atomic mass is 10.1. The number of halogens is 2. The molecule has 0 atom stereocenters. The van der Waals surface area contributed by atoms with Crippen LogP contribution in [0.15, 0.2) is 48.2 Å². The van der Waals surface area contributed by atoms with E-state index in [1.807, 2.05) is 18.2 Å². The smallest absolute Gasteiger partial charge is 0.328 e. The first-order valence-corrected chi connectivity index (χ1v) is 8.18. The number of likely N-dealkylation sites (N-methyl/N-ethyl adjacent to an activating group) is 1. The molecule has 1 aliphatic heterocycles. The predicted octanol–water partition coefficient (Wildman–Crippen LogP) is 4.09. The van der Waals surface area contributed by atoms with Crippen LogP contribution in [-0.2, 0) is 11.4 Å². The molecule has 2 aromatic carbocycles. The first-order valence-electron chi connectivity index (χ1n) is 7.42. The molecule has 0 unspecified atom stereocenters. The monoisotopic (exact) mass is 376 g/mol. The fraction of sp³-hybridized carbons (Fsp3) is 0.111. The third kappa shape index (κ3) is 3.78. The number of imide groups is 1. The number of carbonyl (C=O) groups excluding carboxylic acids is 2. The van der Waals surface area contributed by atoms with Crippen molar-refractivity contribution in [2.75, 3.05) is 7.05 Å². The fourth-order valence-electron chi connectivity index (χ4n) is 2.30. The van der Waals surface area contributed by atoms with Gasteiger partial charge in [0.25, 0.3) is 5.91 Å². The highest BCUT2D eigenvalue weighted by atomic mass is 35.5. The summed E-state index contributed by atoms with van der Waals surface area (Å²) >= 11 is 11.9. The summed E-state index contributed by atoms with van der Waals surface area (Å²) in [6, 6.07) is 12.1. The van der Waals surface area contributed by atoms with E-state index in [-0.39, 0.29) is 18.2 Å². The summed E-state index contributed by atoms with van der Waals surface area (Å²) in [5.74, 6) is 0.196. The summed E-state index contributed by atoms with van der Waals surface area (Å²) in [5.41, 5.74) is 1.75. The highest BCUT2D eigenvalue weighted by Gasteiger charge is 2.30. The van der Waals surface area contributed by atoms with E-state index in [1.165, 1.54) is 7.05 Å². The first kappa shape index (κ1) is 17.3. The van der Waals surface area contributed by atoms with Gasteiger partial charge < -0.3 is 10.1 Å². The molecule has 5 nitrogen and oxygen atoms in total. The molecule has 25 heavy (non-hydrogen) atoms. The van der Waals surface area contributed by atoms with Crippen LogP contribution in [0.25, 0.3) is 6.08 Å². The van der Waals surface area contributed by atoms with Crippen molar-refractivity contribution in [2.24, 2.45) is 0 Å². The zero-order chi connectivity index (χ0) is 18.0. The van der Waals surface area contributed by atoms with E-state index in [1.54, 1.807) is 30.3 Å². The van der Waals surface area contributed by atoms with E-state index in [0.717, 1.165) is 10.5 Å². The second kappa shape index (κ2) is 7.17. The van der Waals surface area contributed by atoms with Gasteiger partial charge in [0.15, 0.2) is 0 Å². The lowest BCUT2D eigenvalue weighted by Gasteiger charge is -2.10. The molecule has 1 fully saturated rings. The van der Waals surface area contributed by atoms with Crippen molar-refractivity contribution in [3.8, 4) is 5.75 Å². The molecule has 1 heterocycles. The standard InChI is InChI=1S/C18H14Cl2N2O3/c1-22-17(23)15(21-18(22)24)9-12-4-2-3-5-16(12)25-10-11-6-7-13(19)14(20)8-11/h2-9H,10H2,1H3,(H,21,24)/b15-9+. The number of hydrogen-bond acceptors (Lipinski definition) is 3. The van der Waals surface area contributed by atoms with Crippen molar-refractivity contribution in [1.29, 1.82) is 0 Å². The number of nitrogens with zero attached hydrogens (tertiary/aromatic N) is 1. The Morgan fingerprint density at radius 2 is 1.88 bits per heavy atom. The summed E-state index contributed by atoms with van der Waals surface area (Å²) < 4.78 is 5.83. The van der Waals surface area contributed by atoms with Crippen molar-refractivity contribution >= 4 is 41.2 Å². The summed E-state index contributed by atoms with van der Waals surface area (Å²) in [6.07, 6.45) is 1.59. The van der Waals surface area contributed by atoms with Crippen molar-refractivity contribution in [2.45, 2.75) is 6.61 Å². The Kier molecular flexibility index (Phi) is 4.97. The summed E-state index contributed by atoms with van der Waals surface area (Å²) in [5, 5.41) is 3.47. The lowest BCUT2D eigenvalue weighted by Crippen LogP contribution is -2.25. The van der Waals surface area contributed by atoms with Crippen LogP contribution in [0.4, 0.5) is 4.79 Å². The van der Waals surface area contributed by atoms with Gasteiger partial charge in [-0.3, -0.25) is 9.69 Å². The van der Waals surface area contributed by atoms with E-state index >= 15 is 0 Å². The Labute approximate surface area is 154 Å². The van der Waals surface area contributed by atoms with Crippen molar-refractivity contribution in [3.63, 3.8) is 0 Å². The van der Waals surface area contributed by atoms with Crippen LogP contribution < -0.4 is 10.1 Å². The molecule has 0 spiro atoms. The van der Waals surface area contributed by atoms with E-state index in [9.17, 15) is 9.59 Å². The number of urea groups is 1. The van der Waals surface area contributed by atoms with Crippen LogP contribution >= 0.6 is 23.2 Å². The fourth-order valence-corrected chi connectivity index (χ4v) is 2.62. The third-order valence-corrected chi connectivity index (χ3v) is 4.42. The van der Waals surface area contributed by atoms with Crippen LogP contribution in [0, 0.1) is 0 Å². The van der Waals surface area contributed by atoms with Crippen LogP contribution in [0.3, 0.4) is 0 Å². The molecular formula is C18H14Cl2N2O3. The topological polar surface area (TPSA) is 58.6 Å². The van der Waals surface area contributed by atoms with Gasteiger partial charge in [0.05, 0.1) is 10.0 Å². The Balaban J connectivity index is 1.81. The second-order valence-electron chi connectivity index (χ2n) is 5.43. The Morgan fingerprint density at radius 3 is 2.56 bits per heavy atom. The Hall–Kier alpha value is -2.50. The molecule has 3 rings (SSSR count). The molecular weight excluding hydrogens is 363 g/mol. The van der Waals surface area contributed by atoms with Crippen LogP contribution in [0.2, 0.25) is 10.0 Å². The van der Waals surface area contributed by atoms with Gasteiger partial charge in [0, 0.05) is 12.6 Å². The van der Waals surface area contributed by atoms with Crippen LogP contribution in [0.5, 0.6) is 5.75 Å². The number of nitrogens with one attached hydrogen (secondary N) is 1. The van der Waals surface area contributed by atoms with Crippen molar-refractivity contribution in [3.05, 3.63) is 69.3 Å². The van der Waals surface area contributed by atoms with Gasteiger partial charge in [-0.15, -0.1) is 0 Å². The normalized spacial score (nSPS) is 15.6. The van der Waals surface area contributed by atoms with Gasteiger partial charge in [-0.1, -0.05) is 47.5 Å². The van der Waals surface area contributed by atoms with Gasteiger partial charge >= 0.3 is 6.03 Å². The highest BCUT2D eigenvalue weighted by molar-refractivity contribution is 6.42. The van der Waals surface area contributed by atoms with E-state index in [2.05, 4.69) is 5.32 Å². The third-order valence-electron chi connectivity index (χ3n) is 3.68. The molecule has 0 aromatic heterocycles. The van der Waals surface area contributed by atoms with Crippen molar-refractivity contribution < 1.29 is 14.3 Å². The number of carbonyl (C=O) groups is 2. The molecule has 1 saturated heterocycles. The molecule has 0 bridgehead atoms. The number of benzene rings is 2. The molecule has 0 saturated carbocycles. The molecule has 128 valence electrons. The lowest BCUT2D eigenvalue weighted by molar-refractivity contribution is -0.121. The van der Waals surface area contributed by atoms with Crippen LogP contribution in [-0.4, -0.2) is 23.9 Å². The maximum atomic E-state index is 12.0. The second-order valence-corrected chi connectivity index (χ2v) is 6.24. The number of ether oxygens (including phenoxy) is 1. The highest BCUT2D eigenvalue weighted by Crippen LogP contribution is 2.26. The largest absolute Gasteiger partial charge is 0.488 e. The minimum absolute atomic E-state index is 0.207. The van der Waals surface area contributed by atoms with E-state index in [4.69, 9.17) is 27.9 Å². The minimum Gasteiger partial charge on any atom is -0.488 e. The zero-order valence-electron chi connectivity index (χ0n) is 13.3. The maximum Gasteiger partial charge on any atom is 0.328 e. The number of hydrogen-bond donors (Lipinski definition) is 1. The quantitative estimate of drug-likeness (QED) is 0.645. The number of rotatable bonds is 4. The first-order chi connectivity index (χ1) is 12.0. The Morgan fingerprint density at radius 1 is 1.12 bits per heavy atom. The molecule has 0 radical (unpaired) electrons.